The van der Waals surface area contributed by atoms with Gasteiger partial charge in [-0.15, -0.1) is 0 Å². The number of benzene rings is 1. The second kappa shape index (κ2) is 6.19. The van der Waals surface area contributed by atoms with E-state index in [4.69, 9.17) is 5.73 Å². The number of carbonyl (C=O) groups is 1. The third-order valence-electron chi connectivity index (χ3n) is 3.21. The Balaban J connectivity index is 2.21. The Hall–Kier alpha value is -2.49. The average Bonchev–Trinajstić information content (AvgIpc) is 2.92. The second-order valence-electron chi connectivity index (χ2n) is 5.04. The van der Waals surface area contributed by atoms with Crippen LogP contribution in [0.15, 0.2) is 36.5 Å². The van der Waals surface area contributed by atoms with Crippen LogP contribution >= 0.6 is 0 Å². The molecular weight excluding hydrogens is 347 g/mol. The number of hydrogen-bond acceptors (Lipinski definition) is 4. The predicted octanol–water partition coefficient (Wildman–Crippen LogP) is 1.83. The molecule has 0 fully saturated rings. The molecule has 0 saturated carbocycles. The Morgan fingerprint density at radius 3 is 2.54 bits per heavy atom. The zero-order chi connectivity index (χ0) is 18.1. The van der Waals surface area contributed by atoms with Crippen LogP contribution < -0.4 is 11.1 Å². The Morgan fingerprint density at radius 1 is 1.29 bits per heavy atom. The fraction of sp³-hybridized carbons (Fsp3) is 0.214. The lowest BCUT2D eigenvalue weighted by Gasteiger charge is -2.12. The van der Waals surface area contributed by atoms with Gasteiger partial charge in [0.2, 0.25) is 10.0 Å². The molecule has 2 aromatic rings. The number of aromatic nitrogens is 1. The molecular formula is C14H14F3N3O3S. The van der Waals surface area contributed by atoms with Crippen LogP contribution in [0, 0.1) is 0 Å². The number of carbonyl (C=O) groups excluding carboxylic acids is 1. The number of rotatable bonds is 4. The van der Waals surface area contributed by atoms with Crippen LogP contribution in [0.3, 0.4) is 0 Å². The summed E-state index contributed by atoms with van der Waals surface area (Å²) in [6.45, 7) is -0.186. The summed E-state index contributed by atoms with van der Waals surface area (Å²) >= 11 is 0. The number of halogens is 3. The first kappa shape index (κ1) is 17.9. The number of hydrogen-bond donors (Lipinski definition) is 2. The van der Waals surface area contributed by atoms with Crippen LogP contribution in [0.4, 0.5) is 18.9 Å². The van der Waals surface area contributed by atoms with Crippen molar-refractivity contribution in [2.24, 2.45) is 0 Å². The summed E-state index contributed by atoms with van der Waals surface area (Å²) in [7, 11) is -3.54. The van der Waals surface area contributed by atoms with Crippen LogP contribution in [0.2, 0.25) is 0 Å². The lowest BCUT2D eigenvalue weighted by atomic mass is 10.1. The minimum atomic E-state index is -4.60. The fourth-order valence-corrected chi connectivity index (χ4v) is 2.90. The van der Waals surface area contributed by atoms with Gasteiger partial charge >= 0.3 is 6.18 Å². The lowest BCUT2D eigenvalue weighted by molar-refractivity contribution is -0.137. The Morgan fingerprint density at radius 2 is 1.96 bits per heavy atom. The molecule has 24 heavy (non-hydrogen) atoms. The van der Waals surface area contributed by atoms with Crippen LogP contribution in [0.25, 0.3) is 0 Å². The van der Waals surface area contributed by atoms with Gasteiger partial charge in [0.05, 0.1) is 29.6 Å². The molecule has 130 valence electrons. The molecule has 1 amide bonds. The molecule has 6 nitrogen and oxygen atoms in total. The molecule has 3 N–H and O–H groups in total. The van der Waals surface area contributed by atoms with Crippen molar-refractivity contribution in [2.45, 2.75) is 12.7 Å². The smallest absolute Gasteiger partial charge is 0.398 e. The van der Waals surface area contributed by atoms with Gasteiger partial charge in [0.25, 0.3) is 5.91 Å². The standard InChI is InChI=1S/C14H14F3N3O3S/c1-24(22,23)20-6-2-3-10(20)8-19-13(21)11-7-9(14(15,16)17)4-5-12(11)18/h2-7H,8,18H2,1H3,(H,19,21). The summed E-state index contributed by atoms with van der Waals surface area (Å²) in [5.41, 5.74) is 4.37. The topological polar surface area (TPSA) is 94.2 Å². The Labute approximate surface area is 136 Å². The van der Waals surface area contributed by atoms with Crippen LogP contribution in [-0.2, 0) is 22.7 Å². The van der Waals surface area contributed by atoms with Gasteiger partial charge in [-0.05, 0) is 30.3 Å². The molecule has 0 radical (unpaired) electrons. The van der Waals surface area contributed by atoms with Gasteiger partial charge in [-0.1, -0.05) is 0 Å². The Kier molecular flexibility index (Phi) is 4.61. The minimum absolute atomic E-state index is 0.112. The van der Waals surface area contributed by atoms with Gasteiger partial charge in [0.1, 0.15) is 0 Å². The number of nitrogens with one attached hydrogen (secondary N) is 1. The van der Waals surface area contributed by atoms with Crippen molar-refractivity contribution in [1.82, 2.24) is 9.29 Å². The SMILES string of the molecule is CS(=O)(=O)n1cccc1CNC(=O)c1cc(C(F)(F)F)ccc1N. The molecule has 10 heteroatoms. The van der Waals surface area contributed by atoms with Crippen molar-refractivity contribution in [1.29, 1.82) is 0 Å². The Bertz CT molecular complexity index is 873. The molecule has 0 aliphatic rings. The highest BCUT2D eigenvalue weighted by atomic mass is 32.2. The highest BCUT2D eigenvalue weighted by molar-refractivity contribution is 7.89. The first-order valence-electron chi connectivity index (χ1n) is 6.62. The van der Waals surface area contributed by atoms with E-state index in [2.05, 4.69) is 5.32 Å². The molecule has 0 aliphatic heterocycles. The largest absolute Gasteiger partial charge is 0.416 e. The first-order valence-corrected chi connectivity index (χ1v) is 8.46. The quantitative estimate of drug-likeness (QED) is 0.813. The zero-order valence-electron chi connectivity index (χ0n) is 12.5. The minimum Gasteiger partial charge on any atom is -0.398 e. The van der Waals surface area contributed by atoms with Crippen LogP contribution in [0.1, 0.15) is 21.6 Å². The molecule has 2 rings (SSSR count). The first-order chi connectivity index (χ1) is 11.0. The van der Waals surface area contributed by atoms with Crippen molar-refractivity contribution in [3.05, 3.63) is 53.3 Å². The summed E-state index contributed by atoms with van der Waals surface area (Å²) in [6, 6.07) is 5.37. The van der Waals surface area contributed by atoms with Gasteiger partial charge in [0.15, 0.2) is 0 Å². The van der Waals surface area contributed by atoms with Crippen molar-refractivity contribution < 1.29 is 26.4 Å². The predicted molar refractivity (Wildman–Crippen MR) is 81.7 cm³/mol. The molecule has 0 unspecified atom stereocenters. The van der Waals surface area contributed by atoms with Crippen LogP contribution in [0.5, 0.6) is 0 Å². The molecule has 1 heterocycles. The number of nitrogens with zero attached hydrogens (tertiary/aromatic N) is 1. The van der Waals surface area contributed by atoms with Gasteiger partial charge in [-0.25, -0.2) is 12.4 Å². The van der Waals surface area contributed by atoms with Gasteiger partial charge in [-0.2, -0.15) is 13.2 Å². The van der Waals surface area contributed by atoms with Crippen molar-refractivity contribution in [3.8, 4) is 0 Å². The van der Waals surface area contributed by atoms with E-state index in [1.165, 1.54) is 18.3 Å². The van der Waals surface area contributed by atoms with E-state index in [0.717, 1.165) is 22.4 Å². The summed E-state index contributed by atoms with van der Waals surface area (Å²) < 4.78 is 62.2. The monoisotopic (exact) mass is 361 g/mol. The molecule has 1 aromatic heterocycles. The van der Waals surface area contributed by atoms with E-state index in [9.17, 15) is 26.4 Å². The average molecular weight is 361 g/mol. The van der Waals surface area contributed by atoms with Crippen LogP contribution in [-0.4, -0.2) is 24.6 Å². The third-order valence-corrected chi connectivity index (χ3v) is 4.28. The molecule has 0 aliphatic carbocycles. The maximum absolute atomic E-state index is 12.7. The highest BCUT2D eigenvalue weighted by Crippen LogP contribution is 2.31. The van der Waals surface area contributed by atoms with Gasteiger partial charge in [0, 0.05) is 11.9 Å². The van der Waals surface area contributed by atoms with E-state index in [-0.39, 0.29) is 23.5 Å². The number of nitrogens with two attached hydrogens (primary N) is 1. The summed E-state index contributed by atoms with van der Waals surface area (Å²) in [6.07, 6.45) is -2.31. The number of nitrogen functional groups attached to an aromatic ring is 1. The van der Waals surface area contributed by atoms with Crippen molar-refractivity contribution in [2.75, 3.05) is 12.0 Å². The highest BCUT2D eigenvalue weighted by Gasteiger charge is 2.31. The summed E-state index contributed by atoms with van der Waals surface area (Å²) in [4.78, 5) is 12.1. The van der Waals surface area contributed by atoms with Crippen molar-refractivity contribution in [3.63, 3.8) is 0 Å². The molecule has 0 spiro atoms. The number of amides is 1. The van der Waals surface area contributed by atoms with Gasteiger partial charge in [-0.3, -0.25) is 4.79 Å². The number of alkyl halides is 3. The lowest BCUT2D eigenvalue weighted by Crippen LogP contribution is -2.26. The molecule has 0 atom stereocenters. The van der Waals surface area contributed by atoms with E-state index in [1.807, 2.05) is 0 Å². The molecule has 1 aromatic carbocycles. The molecule has 0 bridgehead atoms. The van der Waals surface area contributed by atoms with E-state index in [1.54, 1.807) is 0 Å². The van der Waals surface area contributed by atoms with Crippen molar-refractivity contribution >= 4 is 21.6 Å². The van der Waals surface area contributed by atoms with E-state index < -0.39 is 27.7 Å². The summed E-state index contributed by atoms with van der Waals surface area (Å²) in [5, 5.41) is 2.36. The third kappa shape index (κ3) is 3.88. The fourth-order valence-electron chi connectivity index (χ4n) is 2.06. The van der Waals surface area contributed by atoms with Gasteiger partial charge < -0.3 is 11.1 Å². The van der Waals surface area contributed by atoms with E-state index >= 15 is 0 Å². The normalized spacial score (nSPS) is 12.2. The molecule has 0 saturated heterocycles. The number of anilines is 1. The second-order valence-corrected chi connectivity index (χ2v) is 6.90. The van der Waals surface area contributed by atoms with E-state index in [0.29, 0.717) is 6.07 Å². The summed E-state index contributed by atoms with van der Waals surface area (Å²) in [5.74, 6) is -0.833. The maximum atomic E-state index is 12.7. The zero-order valence-corrected chi connectivity index (χ0v) is 13.3. The maximum Gasteiger partial charge on any atom is 0.416 e.